The normalized spacial score (nSPS) is 10.7. The fraction of sp³-hybridized carbons (Fsp3) is 0.286. The summed E-state index contributed by atoms with van der Waals surface area (Å²) in [5, 5.41) is 23.2. The fourth-order valence-electron chi connectivity index (χ4n) is 3.64. The minimum atomic E-state index is -1.26. The molecule has 3 rings (SSSR count). The fourth-order valence-corrected chi connectivity index (χ4v) is 3.64. The zero-order valence-corrected chi connectivity index (χ0v) is 21.2. The molecule has 0 saturated carbocycles. The number of nitrogens with zero attached hydrogens (tertiary/aromatic N) is 3. The van der Waals surface area contributed by atoms with E-state index in [9.17, 15) is 14.4 Å². The van der Waals surface area contributed by atoms with E-state index in [0.717, 1.165) is 48.4 Å². The van der Waals surface area contributed by atoms with Gasteiger partial charge in [0.15, 0.2) is 0 Å². The van der Waals surface area contributed by atoms with E-state index < -0.39 is 11.9 Å². The predicted octanol–water partition coefficient (Wildman–Crippen LogP) is 3.78. The van der Waals surface area contributed by atoms with E-state index in [0.29, 0.717) is 18.7 Å². The zero-order valence-electron chi connectivity index (χ0n) is 21.2. The lowest BCUT2D eigenvalue weighted by atomic mass is 10.0. The average Bonchev–Trinajstić information content (AvgIpc) is 3.32. The van der Waals surface area contributed by atoms with Gasteiger partial charge in [0.25, 0.3) is 0 Å². The smallest absolute Gasteiger partial charge is 0.328 e. The Morgan fingerprint density at radius 2 is 1.43 bits per heavy atom. The molecular weight excluding hydrogens is 472 g/mol. The van der Waals surface area contributed by atoms with Crippen LogP contribution in [0.25, 0.3) is 22.4 Å². The van der Waals surface area contributed by atoms with Crippen molar-refractivity contribution in [3.63, 3.8) is 0 Å². The molecule has 0 atom stereocenters. The summed E-state index contributed by atoms with van der Waals surface area (Å²) < 4.78 is 1.80. The average molecular weight is 507 g/mol. The number of aliphatic carboxylic acids is 2. The van der Waals surface area contributed by atoms with E-state index in [1.54, 1.807) is 4.68 Å². The third kappa shape index (κ3) is 10.1. The van der Waals surface area contributed by atoms with Crippen molar-refractivity contribution in [3.05, 3.63) is 79.0 Å². The Balaban J connectivity index is 0.000000521. The summed E-state index contributed by atoms with van der Waals surface area (Å²) in [5.41, 5.74) is 4.15. The number of hydrogen-bond donors (Lipinski definition) is 3. The lowest BCUT2D eigenvalue weighted by Gasteiger charge is -2.17. The van der Waals surface area contributed by atoms with Gasteiger partial charge in [-0.2, -0.15) is 5.10 Å². The van der Waals surface area contributed by atoms with Gasteiger partial charge in [0, 0.05) is 29.8 Å². The van der Waals surface area contributed by atoms with Gasteiger partial charge in [-0.15, -0.1) is 0 Å². The highest BCUT2D eigenvalue weighted by Gasteiger charge is 2.16. The molecule has 0 saturated heterocycles. The number of carbonyl (C=O) groups is 3. The van der Waals surface area contributed by atoms with Crippen molar-refractivity contribution in [2.24, 2.45) is 0 Å². The molecule has 1 aromatic heterocycles. The first-order valence-electron chi connectivity index (χ1n) is 12.1. The molecule has 0 bridgehead atoms. The van der Waals surface area contributed by atoms with Gasteiger partial charge in [-0.05, 0) is 31.6 Å². The highest BCUT2D eigenvalue weighted by Crippen LogP contribution is 2.31. The van der Waals surface area contributed by atoms with Crippen LogP contribution in [-0.4, -0.2) is 68.9 Å². The first-order chi connectivity index (χ1) is 17.8. The van der Waals surface area contributed by atoms with Crippen LogP contribution in [-0.2, 0) is 20.9 Å². The van der Waals surface area contributed by atoms with Crippen LogP contribution in [0, 0.1) is 0 Å². The van der Waals surface area contributed by atoms with E-state index in [4.69, 9.17) is 10.2 Å². The lowest BCUT2D eigenvalue weighted by Crippen LogP contribution is -2.32. The second kappa shape index (κ2) is 15.7. The molecule has 2 aromatic carbocycles. The summed E-state index contributed by atoms with van der Waals surface area (Å²) in [4.78, 5) is 34.0. The molecule has 0 aliphatic heterocycles. The predicted molar refractivity (Wildman–Crippen MR) is 143 cm³/mol. The molecule has 0 unspecified atom stereocenters. The van der Waals surface area contributed by atoms with Gasteiger partial charge in [-0.25, -0.2) is 9.59 Å². The molecule has 1 amide bonds. The summed E-state index contributed by atoms with van der Waals surface area (Å²) in [6.45, 7) is 8.30. The molecule has 0 aliphatic carbocycles. The van der Waals surface area contributed by atoms with Crippen LogP contribution in [0.4, 0.5) is 0 Å². The summed E-state index contributed by atoms with van der Waals surface area (Å²) in [6, 6.07) is 20.3. The molecule has 3 aromatic rings. The number of nitrogens with one attached hydrogen (secondary N) is 1. The van der Waals surface area contributed by atoms with E-state index in [1.807, 2.05) is 42.6 Å². The Morgan fingerprint density at radius 3 is 1.95 bits per heavy atom. The minimum Gasteiger partial charge on any atom is -0.478 e. The Labute approximate surface area is 217 Å². The van der Waals surface area contributed by atoms with Crippen LogP contribution in [0.15, 0.2) is 79.0 Å². The molecule has 0 fully saturated rings. The van der Waals surface area contributed by atoms with Gasteiger partial charge >= 0.3 is 11.9 Å². The van der Waals surface area contributed by atoms with Crippen LogP contribution >= 0.6 is 0 Å². The summed E-state index contributed by atoms with van der Waals surface area (Å²) in [7, 11) is 0. The zero-order chi connectivity index (χ0) is 27.0. The monoisotopic (exact) mass is 506 g/mol. The van der Waals surface area contributed by atoms with Crippen LogP contribution in [0.2, 0.25) is 0 Å². The van der Waals surface area contributed by atoms with E-state index in [-0.39, 0.29) is 12.5 Å². The van der Waals surface area contributed by atoms with Crippen molar-refractivity contribution >= 4 is 17.8 Å². The van der Waals surface area contributed by atoms with Gasteiger partial charge in [-0.1, -0.05) is 74.5 Å². The van der Waals surface area contributed by atoms with Crippen molar-refractivity contribution in [3.8, 4) is 22.4 Å². The molecular formula is C28H34N4O5. The first-order valence-corrected chi connectivity index (χ1v) is 12.1. The Hall–Kier alpha value is -4.24. The third-order valence-corrected chi connectivity index (χ3v) is 5.50. The second-order valence-corrected chi connectivity index (χ2v) is 8.04. The van der Waals surface area contributed by atoms with Crippen molar-refractivity contribution in [1.82, 2.24) is 20.0 Å². The maximum Gasteiger partial charge on any atom is 0.328 e. The molecule has 1 heterocycles. The minimum absolute atomic E-state index is 0.00978. The largest absolute Gasteiger partial charge is 0.478 e. The molecule has 3 N–H and O–H groups in total. The van der Waals surface area contributed by atoms with E-state index in [1.165, 1.54) is 0 Å². The maximum atomic E-state index is 12.5. The number of hydrogen-bond acceptors (Lipinski definition) is 5. The third-order valence-electron chi connectivity index (χ3n) is 5.50. The number of benzene rings is 2. The number of aromatic nitrogens is 2. The van der Waals surface area contributed by atoms with Crippen LogP contribution in [0.1, 0.15) is 20.3 Å². The second-order valence-electron chi connectivity index (χ2n) is 8.04. The Kier molecular flexibility index (Phi) is 12.3. The van der Waals surface area contributed by atoms with Gasteiger partial charge in [-0.3, -0.25) is 9.48 Å². The van der Waals surface area contributed by atoms with Gasteiger partial charge in [0.2, 0.25) is 5.91 Å². The van der Waals surface area contributed by atoms with Gasteiger partial charge in [0.05, 0.1) is 11.9 Å². The number of carboxylic acid groups (broad SMARTS) is 2. The Bertz CT molecular complexity index is 1140. The lowest BCUT2D eigenvalue weighted by molar-refractivity contribution is -0.134. The van der Waals surface area contributed by atoms with Crippen LogP contribution < -0.4 is 5.32 Å². The van der Waals surface area contributed by atoms with Gasteiger partial charge < -0.3 is 20.4 Å². The quantitative estimate of drug-likeness (QED) is 0.252. The van der Waals surface area contributed by atoms with E-state index >= 15 is 0 Å². The topological polar surface area (TPSA) is 125 Å². The van der Waals surface area contributed by atoms with Crippen molar-refractivity contribution in [2.45, 2.75) is 26.8 Å². The number of amides is 1. The SMILES string of the molecule is CCN(CC)CCCNC(=O)Cn1ncc(-c2ccccc2)c1-c1ccccc1.O=C(O)C=CC(=O)O. The highest BCUT2D eigenvalue weighted by molar-refractivity contribution is 5.89. The number of carboxylic acids is 2. The van der Waals surface area contributed by atoms with Crippen LogP contribution in [0.3, 0.4) is 0 Å². The van der Waals surface area contributed by atoms with Crippen molar-refractivity contribution < 1.29 is 24.6 Å². The van der Waals surface area contributed by atoms with E-state index in [2.05, 4.69) is 53.4 Å². The molecule has 196 valence electrons. The molecule has 0 spiro atoms. The number of rotatable bonds is 12. The summed E-state index contributed by atoms with van der Waals surface area (Å²) >= 11 is 0. The van der Waals surface area contributed by atoms with Crippen LogP contribution in [0.5, 0.6) is 0 Å². The molecule has 37 heavy (non-hydrogen) atoms. The highest BCUT2D eigenvalue weighted by atomic mass is 16.4. The molecule has 9 heteroatoms. The Morgan fingerprint density at radius 1 is 0.892 bits per heavy atom. The number of carbonyl (C=O) groups excluding carboxylic acids is 1. The molecule has 9 nitrogen and oxygen atoms in total. The van der Waals surface area contributed by atoms with Crippen molar-refractivity contribution in [1.29, 1.82) is 0 Å². The van der Waals surface area contributed by atoms with Gasteiger partial charge in [0.1, 0.15) is 6.54 Å². The molecule has 0 radical (unpaired) electrons. The first kappa shape index (κ1) is 29.0. The molecule has 0 aliphatic rings. The standard InChI is InChI=1S/C24H30N4O.C4H4O4/c1-3-27(4-2)17-11-16-25-23(29)19-28-24(21-14-9-6-10-15-21)22(18-26-28)20-12-7-5-8-13-20;5-3(6)1-2-4(7)8/h5-10,12-15,18H,3-4,11,16-17,19H2,1-2H3,(H,25,29);1-2H,(H,5,6)(H,7,8). The van der Waals surface area contributed by atoms with Crippen molar-refractivity contribution in [2.75, 3.05) is 26.2 Å². The maximum absolute atomic E-state index is 12.5. The summed E-state index contributed by atoms with van der Waals surface area (Å²) in [6.07, 6.45) is 3.92. The summed E-state index contributed by atoms with van der Waals surface area (Å²) in [5.74, 6) is -2.52.